The zero-order valence-electron chi connectivity index (χ0n) is 11.7. The predicted molar refractivity (Wildman–Crippen MR) is 82.6 cm³/mol. The molecule has 1 heterocycles. The Labute approximate surface area is 127 Å². The molecule has 1 N–H and O–H groups in total. The largest absolute Gasteiger partial charge is 0.300 e. The fraction of sp³-hybridized carbons (Fsp3) is 0.438. The average Bonchev–Trinajstić information content (AvgIpc) is 3.27. The molecule has 0 bridgehead atoms. The summed E-state index contributed by atoms with van der Waals surface area (Å²) in [7, 11) is 0. The van der Waals surface area contributed by atoms with Crippen LogP contribution < -0.4 is 5.32 Å². The molecule has 0 spiro atoms. The van der Waals surface area contributed by atoms with Crippen molar-refractivity contribution in [1.29, 1.82) is 0 Å². The van der Waals surface area contributed by atoms with Crippen molar-refractivity contribution in [3.05, 3.63) is 40.4 Å². The smallest absolute Gasteiger partial charge is 0.233 e. The summed E-state index contributed by atoms with van der Waals surface area (Å²) in [5.41, 5.74) is 2.48. The van der Waals surface area contributed by atoms with Crippen LogP contribution in [0.15, 0.2) is 24.3 Å². The van der Waals surface area contributed by atoms with Gasteiger partial charge in [-0.05, 0) is 43.2 Å². The Morgan fingerprint density at radius 2 is 2.05 bits per heavy atom. The lowest BCUT2D eigenvalue weighted by Gasteiger charge is -2.24. The van der Waals surface area contributed by atoms with Crippen LogP contribution in [0.1, 0.15) is 53.7 Å². The van der Waals surface area contributed by atoms with Crippen molar-refractivity contribution in [3.8, 4) is 0 Å². The first-order valence-electron chi connectivity index (χ1n) is 7.53. The van der Waals surface area contributed by atoms with Crippen LogP contribution >= 0.6 is 11.3 Å². The standard InChI is InChI=1S/C16H17N3OS/c20-14(17-16-19-18-15(21-16)11-8-9-11)13-7-3-5-10-4-1-2-6-12(10)13/h1-2,4,6,11,13H,3,5,7-9H2,(H,17,19,20). The number of carbonyl (C=O) groups is 1. The average molecular weight is 299 g/mol. The Morgan fingerprint density at radius 3 is 2.90 bits per heavy atom. The van der Waals surface area contributed by atoms with Gasteiger partial charge in [-0.2, -0.15) is 0 Å². The topological polar surface area (TPSA) is 54.9 Å². The molecule has 0 saturated heterocycles. The first-order chi connectivity index (χ1) is 10.3. The molecule has 1 atom stereocenters. The van der Waals surface area contributed by atoms with Crippen LogP contribution in [0.5, 0.6) is 0 Å². The van der Waals surface area contributed by atoms with Gasteiger partial charge in [-0.25, -0.2) is 0 Å². The summed E-state index contributed by atoms with van der Waals surface area (Å²) in [6, 6.07) is 8.27. The van der Waals surface area contributed by atoms with Crippen molar-refractivity contribution in [2.45, 2.75) is 43.9 Å². The number of hydrogen-bond donors (Lipinski definition) is 1. The molecule has 2 aliphatic carbocycles. The first-order valence-corrected chi connectivity index (χ1v) is 8.35. The minimum atomic E-state index is -0.0526. The summed E-state index contributed by atoms with van der Waals surface area (Å²) < 4.78 is 0. The molecule has 4 nitrogen and oxygen atoms in total. The third-order valence-electron chi connectivity index (χ3n) is 4.28. The van der Waals surface area contributed by atoms with E-state index < -0.39 is 0 Å². The number of aryl methyl sites for hydroxylation is 1. The Bertz CT molecular complexity index is 678. The number of nitrogens with one attached hydrogen (secondary N) is 1. The number of anilines is 1. The Balaban J connectivity index is 1.52. The van der Waals surface area contributed by atoms with Gasteiger partial charge in [0.25, 0.3) is 0 Å². The highest BCUT2D eigenvalue weighted by atomic mass is 32.1. The molecule has 108 valence electrons. The number of amides is 1. The maximum atomic E-state index is 12.6. The summed E-state index contributed by atoms with van der Waals surface area (Å²) in [4.78, 5) is 12.6. The number of rotatable bonds is 3. The molecule has 2 aromatic rings. The zero-order valence-corrected chi connectivity index (χ0v) is 12.5. The normalized spacial score (nSPS) is 20.9. The molecule has 2 aliphatic rings. The highest BCUT2D eigenvalue weighted by Gasteiger charge is 2.29. The molecule has 21 heavy (non-hydrogen) atoms. The van der Waals surface area contributed by atoms with E-state index in [9.17, 15) is 4.79 Å². The predicted octanol–water partition coefficient (Wildman–Crippen LogP) is 3.47. The van der Waals surface area contributed by atoms with Gasteiger partial charge in [0, 0.05) is 5.92 Å². The number of fused-ring (bicyclic) bond motifs is 1. The van der Waals surface area contributed by atoms with Gasteiger partial charge in [-0.3, -0.25) is 10.1 Å². The Morgan fingerprint density at radius 1 is 1.19 bits per heavy atom. The SMILES string of the molecule is O=C(Nc1nnc(C2CC2)s1)C1CCCc2ccccc21. The second-order valence-corrected chi connectivity index (χ2v) is 6.86. The molecule has 5 heteroatoms. The van der Waals surface area contributed by atoms with Gasteiger partial charge >= 0.3 is 0 Å². The fourth-order valence-electron chi connectivity index (χ4n) is 3.00. The molecule has 1 saturated carbocycles. The number of aromatic nitrogens is 2. The van der Waals surface area contributed by atoms with Crippen LogP contribution in [0.4, 0.5) is 5.13 Å². The lowest BCUT2D eigenvalue weighted by Crippen LogP contribution is -2.24. The van der Waals surface area contributed by atoms with E-state index in [4.69, 9.17) is 0 Å². The summed E-state index contributed by atoms with van der Waals surface area (Å²) in [5.74, 6) is 0.590. The number of benzene rings is 1. The van der Waals surface area contributed by atoms with Gasteiger partial charge in [0.15, 0.2) is 0 Å². The lowest BCUT2D eigenvalue weighted by atomic mass is 9.82. The molecular formula is C16H17N3OS. The fourth-order valence-corrected chi connectivity index (χ4v) is 3.91. The minimum absolute atomic E-state index is 0.0526. The number of carbonyl (C=O) groups excluding carboxylic acids is 1. The molecular weight excluding hydrogens is 282 g/mol. The monoisotopic (exact) mass is 299 g/mol. The molecule has 1 aromatic carbocycles. The highest BCUT2D eigenvalue weighted by Crippen LogP contribution is 2.42. The quantitative estimate of drug-likeness (QED) is 0.944. The summed E-state index contributed by atoms with van der Waals surface area (Å²) >= 11 is 1.52. The third kappa shape index (κ3) is 2.58. The zero-order chi connectivity index (χ0) is 14.2. The maximum absolute atomic E-state index is 12.6. The van der Waals surface area contributed by atoms with Crippen molar-refractivity contribution >= 4 is 22.4 Å². The molecule has 4 rings (SSSR count). The van der Waals surface area contributed by atoms with E-state index in [0.29, 0.717) is 11.0 Å². The van der Waals surface area contributed by atoms with Gasteiger partial charge < -0.3 is 0 Å². The van der Waals surface area contributed by atoms with E-state index in [2.05, 4.69) is 27.6 Å². The third-order valence-corrected chi connectivity index (χ3v) is 5.28. The van der Waals surface area contributed by atoms with E-state index in [0.717, 1.165) is 24.3 Å². The van der Waals surface area contributed by atoms with Crippen molar-refractivity contribution < 1.29 is 4.79 Å². The van der Waals surface area contributed by atoms with Crippen molar-refractivity contribution in [2.75, 3.05) is 5.32 Å². The Hall–Kier alpha value is -1.75. The first kappa shape index (κ1) is 13.0. The summed E-state index contributed by atoms with van der Waals surface area (Å²) in [6.07, 6.45) is 5.47. The minimum Gasteiger partial charge on any atom is -0.300 e. The summed E-state index contributed by atoms with van der Waals surface area (Å²) in [6.45, 7) is 0. The van der Waals surface area contributed by atoms with Crippen LogP contribution in [0, 0.1) is 0 Å². The van der Waals surface area contributed by atoms with E-state index in [1.165, 1.54) is 35.3 Å². The van der Waals surface area contributed by atoms with Crippen molar-refractivity contribution in [1.82, 2.24) is 10.2 Å². The molecule has 1 amide bonds. The van der Waals surface area contributed by atoms with Crippen molar-refractivity contribution in [2.24, 2.45) is 0 Å². The lowest BCUT2D eigenvalue weighted by molar-refractivity contribution is -0.117. The van der Waals surface area contributed by atoms with E-state index >= 15 is 0 Å². The van der Waals surface area contributed by atoms with Gasteiger partial charge in [0.2, 0.25) is 11.0 Å². The van der Waals surface area contributed by atoms with Crippen LogP contribution in [-0.4, -0.2) is 16.1 Å². The van der Waals surface area contributed by atoms with Crippen LogP contribution in [-0.2, 0) is 11.2 Å². The highest BCUT2D eigenvalue weighted by molar-refractivity contribution is 7.15. The number of hydrogen-bond acceptors (Lipinski definition) is 4. The van der Waals surface area contributed by atoms with E-state index in [1.807, 2.05) is 12.1 Å². The summed E-state index contributed by atoms with van der Waals surface area (Å²) in [5, 5.41) is 12.9. The van der Waals surface area contributed by atoms with Gasteiger partial charge in [-0.15, -0.1) is 10.2 Å². The van der Waals surface area contributed by atoms with E-state index in [-0.39, 0.29) is 11.8 Å². The maximum Gasteiger partial charge on any atom is 0.233 e. The second-order valence-electron chi connectivity index (χ2n) is 5.85. The van der Waals surface area contributed by atoms with Crippen LogP contribution in [0.2, 0.25) is 0 Å². The van der Waals surface area contributed by atoms with Gasteiger partial charge in [0.1, 0.15) is 5.01 Å². The second kappa shape index (κ2) is 5.22. The molecule has 1 aromatic heterocycles. The Kier molecular flexibility index (Phi) is 3.22. The van der Waals surface area contributed by atoms with Gasteiger partial charge in [0.05, 0.1) is 5.92 Å². The molecule has 0 aliphatic heterocycles. The van der Waals surface area contributed by atoms with E-state index in [1.54, 1.807) is 0 Å². The molecule has 1 unspecified atom stereocenters. The van der Waals surface area contributed by atoms with Crippen molar-refractivity contribution in [3.63, 3.8) is 0 Å². The number of nitrogens with zero attached hydrogens (tertiary/aromatic N) is 2. The molecule has 0 radical (unpaired) electrons. The van der Waals surface area contributed by atoms with Crippen LogP contribution in [0.25, 0.3) is 0 Å². The van der Waals surface area contributed by atoms with Gasteiger partial charge in [-0.1, -0.05) is 35.6 Å². The van der Waals surface area contributed by atoms with Crippen LogP contribution in [0.3, 0.4) is 0 Å². The molecule has 1 fully saturated rings.